The van der Waals surface area contributed by atoms with Crippen molar-refractivity contribution in [3.8, 4) is 5.75 Å². The summed E-state index contributed by atoms with van der Waals surface area (Å²) in [5.74, 6) is -0.501. The number of carbonyl (C=O) groups is 2. The van der Waals surface area contributed by atoms with Crippen LogP contribution in [-0.4, -0.2) is 56.3 Å². The summed E-state index contributed by atoms with van der Waals surface area (Å²) < 4.78 is 33.7. The molecule has 0 fully saturated rings. The van der Waals surface area contributed by atoms with Crippen LogP contribution in [0.25, 0.3) is 0 Å². The molecule has 0 bridgehead atoms. The first-order chi connectivity index (χ1) is 19.6. The number of carbonyl (C=O) groups excluding carboxylic acids is 2. The van der Waals surface area contributed by atoms with Crippen molar-refractivity contribution in [2.24, 2.45) is 0 Å². The zero-order valence-electron chi connectivity index (χ0n) is 23.2. The molecule has 3 rings (SSSR count). The normalized spacial score (nSPS) is 11.8. The maximum absolute atomic E-state index is 13.9. The van der Waals surface area contributed by atoms with Crippen LogP contribution in [-0.2, 0) is 26.2 Å². The predicted molar refractivity (Wildman–Crippen MR) is 155 cm³/mol. The number of nitrogens with zero attached hydrogens (tertiary/aromatic N) is 3. The van der Waals surface area contributed by atoms with E-state index in [0.29, 0.717) is 17.9 Å². The number of hydrogen-bond acceptors (Lipinski definition) is 7. The highest BCUT2D eigenvalue weighted by Gasteiger charge is 2.33. The number of ether oxygens (including phenoxy) is 1. The van der Waals surface area contributed by atoms with Gasteiger partial charge in [-0.1, -0.05) is 49.7 Å². The molecule has 0 saturated carbocycles. The number of nitrogens with one attached hydrogen (secondary N) is 1. The van der Waals surface area contributed by atoms with E-state index < -0.39 is 33.4 Å². The largest absolute Gasteiger partial charge is 0.497 e. The fourth-order valence-electron chi connectivity index (χ4n) is 4.10. The zero-order valence-corrected chi connectivity index (χ0v) is 24.0. The Morgan fingerprint density at radius 2 is 1.73 bits per heavy atom. The molecule has 0 radical (unpaired) electrons. The number of hydrogen-bond donors (Lipinski definition) is 1. The van der Waals surface area contributed by atoms with Crippen molar-refractivity contribution >= 4 is 33.2 Å². The Bertz CT molecular complexity index is 1460. The molecule has 0 spiro atoms. The van der Waals surface area contributed by atoms with Crippen LogP contribution in [0.1, 0.15) is 32.3 Å². The second kappa shape index (κ2) is 14.3. The maximum atomic E-state index is 13.9. The highest BCUT2D eigenvalue weighted by Crippen LogP contribution is 2.27. The van der Waals surface area contributed by atoms with Gasteiger partial charge >= 0.3 is 0 Å². The highest BCUT2D eigenvalue weighted by atomic mass is 32.2. The van der Waals surface area contributed by atoms with Gasteiger partial charge in [-0.15, -0.1) is 0 Å². The van der Waals surface area contributed by atoms with E-state index in [2.05, 4.69) is 5.32 Å². The van der Waals surface area contributed by atoms with Gasteiger partial charge in [-0.3, -0.25) is 24.0 Å². The number of rotatable bonds is 14. The van der Waals surface area contributed by atoms with Crippen LogP contribution in [0.15, 0.2) is 83.8 Å². The Hall–Kier alpha value is -4.45. The van der Waals surface area contributed by atoms with Crippen LogP contribution >= 0.6 is 0 Å². The average molecular weight is 583 g/mol. The van der Waals surface area contributed by atoms with Crippen LogP contribution < -0.4 is 14.4 Å². The molecule has 0 aliphatic rings. The van der Waals surface area contributed by atoms with Crippen molar-refractivity contribution < 1.29 is 27.7 Å². The SMILES string of the molecule is CCCCNC(=O)[C@H](C)N(Cc1cccc(OC)c1)C(=O)CN(c1cccc([N+](=O)[O-])c1)S(=O)(=O)c1ccccc1. The summed E-state index contributed by atoms with van der Waals surface area (Å²) in [5, 5.41) is 14.3. The lowest BCUT2D eigenvalue weighted by atomic mass is 10.1. The van der Waals surface area contributed by atoms with Crippen molar-refractivity contribution in [1.82, 2.24) is 10.2 Å². The smallest absolute Gasteiger partial charge is 0.271 e. The van der Waals surface area contributed by atoms with Crippen LogP contribution in [0.5, 0.6) is 5.75 Å². The molecule has 3 aromatic rings. The summed E-state index contributed by atoms with van der Waals surface area (Å²) in [5.41, 5.74) is 0.275. The van der Waals surface area contributed by atoms with E-state index in [9.17, 15) is 28.1 Å². The zero-order chi connectivity index (χ0) is 30.0. The first-order valence-electron chi connectivity index (χ1n) is 13.1. The van der Waals surface area contributed by atoms with Gasteiger partial charge in [0.15, 0.2) is 0 Å². The van der Waals surface area contributed by atoms with E-state index in [1.54, 1.807) is 37.3 Å². The topological polar surface area (TPSA) is 139 Å². The lowest BCUT2D eigenvalue weighted by molar-refractivity contribution is -0.384. The van der Waals surface area contributed by atoms with Crippen LogP contribution in [0.4, 0.5) is 11.4 Å². The second-order valence-electron chi connectivity index (χ2n) is 9.30. The monoisotopic (exact) mass is 582 g/mol. The summed E-state index contributed by atoms with van der Waals surface area (Å²) in [6.45, 7) is 3.29. The van der Waals surface area contributed by atoms with Gasteiger partial charge in [-0.2, -0.15) is 0 Å². The fraction of sp³-hybridized carbons (Fsp3) is 0.310. The standard InChI is InChI=1S/C29H34N4O7S/c1-4-5-17-30-29(35)22(2)31(20-23-11-9-14-26(18-23)40-3)28(34)21-32(24-12-10-13-25(19-24)33(36)37)41(38,39)27-15-7-6-8-16-27/h6-16,18-19,22H,4-5,17,20-21H2,1-3H3,(H,30,35)/t22-/m0/s1. The molecule has 0 aromatic heterocycles. The summed E-state index contributed by atoms with van der Waals surface area (Å²) >= 11 is 0. The number of amides is 2. The number of methoxy groups -OCH3 is 1. The number of sulfonamides is 1. The molecular formula is C29H34N4O7S. The summed E-state index contributed by atoms with van der Waals surface area (Å²) in [6, 6.07) is 18.6. The fourth-order valence-corrected chi connectivity index (χ4v) is 5.52. The Kier molecular flexibility index (Phi) is 10.8. The minimum atomic E-state index is -4.33. The predicted octanol–water partition coefficient (Wildman–Crippen LogP) is 4.13. The number of anilines is 1. The van der Waals surface area contributed by atoms with Gasteiger partial charge in [0.1, 0.15) is 18.3 Å². The highest BCUT2D eigenvalue weighted by molar-refractivity contribution is 7.92. The van der Waals surface area contributed by atoms with Gasteiger partial charge < -0.3 is 15.0 Å². The van der Waals surface area contributed by atoms with Crippen molar-refractivity contribution in [2.75, 3.05) is 24.5 Å². The minimum absolute atomic E-state index is 0.00738. The van der Waals surface area contributed by atoms with Gasteiger partial charge in [0.25, 0.3) is 15.7 Å². The molecule has 2 amide bonds. The number of benzene rings is 3. The van der Waals surface area contributed by atoms with Crippen LogP contribution in [0, 0.1) is 10.1 Å². The van der Waals surface area contributed by atoms with E-state index in [-0.39, 0.29) is 28.7 Å². The van der Waals surface area contributed by atoms with Gasteiger partial charge in [-0.05, 0) is 49.2 Å². The third-order valence-electron chi connectivity index (χ3n) is 6.42. The number of nitro benzene ring substituents is 1. The molecule has 41 heavy (non-hydrogen) atoms. The molecule has 0 unspecified atom stereocenters. The molecule has 1 atom stereocenters. The lowest BCUT2D eigenvalue weighted by Crippen LogP contribution is -2.51. The minimum Gasteiger partial charge on any atom is -0.497 e. The van der Waals surface area contributed by atoms with Crippen molar-refractivity contribution in [1.29, 1.82) is 0 Å². The van der Waals surface area contributed by atoms with Gasteiger partial charge in [0, 0.05) is 25.2 Å². The third-order valence-corrected chi connectivity index (χ3v) is 8.21. The van der Waals surface area contributed by atoms with Gasteiger partial charge in [0.2, 0.25) is 11.8 Å². The Labute approximate surface area is 239 Å². The maximum Gasteiger partial charge on any atom is 0.271 e. The molecule has 218 valence electrons. The summed E-state index contributed by atoms with van der Waals surface area (Å²) in [6.07, 6.45) is 1.63. The molecule has 12 heteroatoms. The first kappa shape index (κ1) is 31.1. The summed E-state index contributed by atoms with van der Waals surface area (Å²) in [7, 11) is -2.82. The van der Waals surface area contributed by atoms with Crippen molar-refractivity contribution in [3.63, 3.8) is 0 Å². The second-order valence-corrected chi connectivity index (χ2v) is 11.2. The van der Waals surface area contributed by atoms with Crippen LogP contribution in [0.3, 0.4) is 0 Å². The molecule has 11 nitrogen and oxygen atoms in total. The molecule has 0 heterocycles. The Balaban J connectivity index is 2.04. The van der Waals surface area contributed by atoms with Crippen molar-refractivity contribution in [3.05, 3.63) is 94.5 Å². The van der Waals surface area contributed by atoms with Crippen LogP contribution in [0.2, 0.25) is 0 Å². The average Bonchev–Trinajstić information content (AvgIpc) is 2.98. The molecule has 1 N–H and O–H groups in total. The number of nitro groups is 1. The van der Waals surface area contributed by atoms with Gasteiger partial charge in [0.05, 0.1) is 22.6 Å². The Morgan fingerprint density at radius 1 is 1.02 bits per heavy atom. The van der Waals surface area contributed by atoms with E-state index in [1.807, 2.05) is 6.92 Å². The third kappa shape index (κ3) is 8.04. The van der Waals surface area contributed by atoms with Crippen molar-refractivity contribution in [2.45, 2.75) is 44.2 Å². The number of unbranched alkanes of at least 4 members (excludes halogenated alkanes) is 1. The van der Waals surface area contributed by atoms with E-state index in [1.165, 1.54) is 54.5 Å². The summed E-state index contributed by atoms with van der Waals surface area (Å²) in [4.78, 5) is 39.0. The number of non-ortho nitro benzene ring substituents is 1. The van der Waals surface area contributed by atoms with Gasteiger partial charge in [-0.25, -0.2) is 8.42 Å². The quantitative estimate of drug-likeness (QED) is 0.171. The molecule has 3 aromatic carbocycles. The lowest BCUT2D eigenvalue weighted by Gasteiger charge is -2.32. The van der Waals surface area contributed by atoms with E-state index in [4.69, 9.17) is 4.74 Å². The molecule has 0 saturated heterocycles. The molecule has 0 aliphatic carbocycles. The van der Waals surface area contributed by atoms with E-state index in [0.717, 1.165) is 23.2 Å². The molecule has 0 aliphatic heterocycles. The molecular weight excluding hydrogens is 548 g/mol. The van der Waals surface area contributed by atoms with E-state index >= 15 is 0 Å². The Morgan fingerprint density at radius 3 is 2.39 bits per heavy atom. The first-order valence-corrected chi connectivity index (χ1v) is 14.5.